The Kier molecular flexibility index (Phi) is 25.3. The van der Waals surface area contributed by atoms with Crippen LogP contribution in [0.5, 0.6) is 0 Å². The van der Waals surface area contributed by atoms with Crippen molar-refractivity contribution in [2.24, 2.45) is 0 Å². The highest BCUT2D eigenvalue weighted by molar-refractivity contribution is 8.44. The van der Waals surface area contributed by atoms with Gasteiger partial charge < -0.3 is 119 Å². The minimum Gasteiger partial charge on any atom is -0.398 e. The number of rotatable bonds is 6. The summed E-state index contributed by atoms with van der Waals surface area (Å²) in [5.41, 5.74) is 31.3. The number of hydrogen-bond acceptors (Lipinski definition) is 48. The predicted molar refractivity (Wildman–Crippen MR) is 477 cm³/mol. The lowest BCUT2D eigenvalue weighted by Gasteiger charge is -2.33. The molecule has 20 N–H and O–H groups in total. The van der Waals surface area contributed by atoms with Gasteiger partial charge in [-0.15, -0.1) is 21.7 Å². The normalized spacial score (nSPS) is 38.1. The number of hydrogen-bond donors (Lipinski definition) is 15. The van der Waals surface area contributed by atoms with E-state index in [1.54, 1.807) is 33.4 Å². The maximum atomic E-state index is 16.0. The van der Waals surface area contributed by atoms with Crippen molar-refractivity contribution in [3.63, 3.8) is 0 Å². The van der Waals surface area contributed by atoms with E-state index in [0.717, 1.165) is 14.0 Å². The van der Waals surface area contributed by atoms with Crippen LogP contribution >= 0.6 is 52.6 Å². The van der Waals surface area contributed by atoms with Crippen LogP contribution < -0.4 is 51.1 Å². The highest BCUT2D eigenvalue weighted by Gasteiger charge is 2.67. The quantitative estimate of drug-likeness (QED) is 0.0465. The van der Waals surface area contributed by atoms with Crippen molar-refractivity contribution in [1.29, 1.82) is 0 Å². The molecule has 8 bridgehead atoms. The van der Waals surface area contributed by atoms with Gasteiger partial charge in [0.1, 0.15) is 95.7 Å². The number of aromatic nitrogens is 23. The summed E-state index contributed by atoms with van der Waals surface area (Å²) in [4.78, 5) is 133. The van der Waals surface area contributed by atoms with E-state index < -0.39 is 237 Å². The maximum absolute atomic E-state index is 16.0. The van der Waals surface area contributed by atoms with Crippen molar-refractivity contribution in [2.45, 2.75) is 147 Å². The van der Waals surface area contributed by atoms with Gasteiger partial charge in [0.15, 0.2) is 106 Å². The van der Waals surface area contributed by atoms with E-state index in [2.05, 4.69) is 104 Å². The van der Waals surface area contributed by atoms with Gasteiger partial charge in [0.05, 0.1) is 70.3 Å². The van der Waals surface area contributed by atoms with Crippen LogP contribution in [0, 0.1) is 12.3 Å². The Morgan fingerprint density at radius 1 is 0.460 bits per heavy atom. The van der Waals surface area contributed by atoms with Crippen LogP contribution in [0.4, 0.5) is 52.5 Å². The zero-order chi connectivity index (χ0) is 96.6. The van der Waals surface area contributed by atoms with Crippen LogP contribution in [-0.4, -0.2) is 287 Å². The van der Waals surface area contributed by atoms with Gasteiger partial charge in [-0.05, 0) is 83.3 Å². The number of anilines is 6. The number of fused-ring (bicyclic) bond motifs is 14. The Morgan fingerprint density at radius 3 is 1.38 bits per heavy atom. The number of thiol groups is 1. The monoisotopic (exact) mass is 2150 g/mol. The van der Waals surface area contributed by atoms with Crippen molar-refractivity contribution in [3.8, 4) is 12.3 Å². The molecule has 6 unspecified atom stereocenters. The standard InChI is InChI=1S/C22H23FN10O9P2S2.C21H23F2N9O9P2S2.C21H23FN10O10P2S2/c1-2-22-7-38-44(36,46)42-16-13(23)10(39-20(16)33-18-15(30-31-33)19(34)29-21(25)28-18)6-37-43(35,45)41-11(22)5-12(40-22)32-8-27-14-9(24)3-4-26-17(14)32;22-11-9-5-36-42(34,44)40-14-10(39-19(12(14)23)31-4-2-7-8(24)1-3-26-16(7)31)6-37-43(35,45)41-15(11)20(38-9)32-17-13(29-30-32)18(33)28-21(25)27-17;22-9-8-3-37-43(34,45)42-14-13-18(31-6-26-10-7(23)1-2-25-15(10)31)40-21(14,4-36-13)5-38-44(35,46)41-12(9)19(39-8)32-16-11(29-30-32)17(33)28-20(24)27-16/h1,3-4,8,10-13,16,20H,5-7H2,(H2,24,26)(H,35,45)(H,36,46)(H3,25,28,29,34);1-4,9-12,14-15,19-20H,5-6H2,(H2,24,26)(H,34,44)(H,35,45)(H3,25,27,28,33);1-2,6,8-9,12-14,18-19H,3-5H2,(H2,23,25)(H,34,45)(H,35,46)(H3,24,27,28,33)/t10-,11+,12-,13+,16-,20-,22-,43?,44?;9-,10-,11+,12+,14-,15-,19-,20-,42?,43?;8-,9+,12-,13-,14+,18-,19-,21-,43?,44?/m111/s1. The lowest BCUT2D eigenvalue weighted by molar-refractivity contribution is -0.183. The Labute approximate surface area is 788 Å². The maximum Gasteiger partial charge on any atom is 0.386 e. The molecule has 137 heavy (non-hydrogen) atoms. The minimum atomic E-state index is -4.39. The molecular formula is C64H69F4N29O28P6S6. The van der Waals surface area contributed by atoms with E-state index in [1.165, 1.54) is 42.0 Å². The Hall–Kier alpha value is -8.28. The third-order valence-corrected chi connectivity index (χ3v) is 32.2. The first kappa shape index (κ1) is 96.2. The number of ether oxygens (including phenoxy) is 7. The average molecular weight is 2150 g/mol. The van der Waals surface area contributed by atoms with Crippen molar-refractivity contribution < 1.29 is 134 Å². The van der Waals surface area contributed by atoms with Crippen molar-refractivity contribution in [2.75, 3.05) is 80.7 Å². The van der Waals surface area contributed by atoms with Gasteiger partial charge in [0.2, 0.25) is 17.8 Å². The second kappa shape index (κ2) is 36.0. The molecule has 0 spiro atoms. The fourth-order valence-electron chi connectivity index (χ4n) is 16.6. The van der Waals surface area contributed by atoms with E-state index >= 15 is 17.6 Å². The molecule has 10 aliphatic rings. The third-order valence-electron chi connectivity index (χ3n) is 22.9. The predicted octanol–water partition coefficient (Wildman–Crippen LogP) is 0.450. The fraction of sp³-hybridized carbons (Fsp3) is 0.484. The van der Waals surface area contributed by atoms with Gasteiger partial charge in [-0.1, -0.05) is 33.8 Å². The van der Waals surface area contributed by atoms with Crippen LogP contribution in [0.15, 0.2) is 76.1 Å². The number of aromatic amines is 3. The molecule has 57 nitrogen and oxygen atoms in total. The third kappa shape index (κ3) is 18.0. The molecule has 22 rings (SSSR count). The smallest absolute Gasteiger partial charge is 0.386 e. The number of pyridine rings is 3. The van der Waals surface area contributed by atoms with Crippen LogP contribution in [0.2, 0.25) is 0 Å². The zero-order valence-electron chi connectivity index (χ0n) is 68.3. The van der Waals surface area contributed by atoms with Crippen LogP contribution in [0.25, 0.3) is 66.9 Å². The lowest BCUT2D eigenvalue weighted by Crippen LogP contribution is -2.45. The summed E-state index contributed by atoms with van der Waals surface area (Å²) >= 11 is 30.2. The molecule has 29 atom stereocenters. The Balaban J connectivity index is 0.000000127. The molecule has 10 saturated heterocycles. The molecular weight excluding hydrogens is 2080 g/mol. The molecule has 0 radical (unpaired) electrons. The van der Waals surface area contributed by atoms with Crippen LogP contribution in [0.3, 0.4) is 0 Å². The van der Waals surface area contributed by atoms with Gasteiger partial charge in [-0.25, -0.2) is 47.0 Å². The second-order valence-electron chi connectivity index (χ2n) is 31.5. The Morgan fingerprint density at radius 2 is 0.883 bits per heavy atom. The highest BCUT2D eigenvalue weighted by atomic mass is 32.7. The summed E-state index contributed by atoms with van der Waals surface area (Å²) in [6.07, 6.45) is -17.2. The van der Waals surface area contributed by atoms with Gasteiger partial charge in [0.25, 0.3) is 16.7 Å². The molecule has 73 heteroatoms. The lowest BCUT2D eigenvalue weighted by atomic mass is 9.99. The molecule has 732 valence electrons. The molecule has 0 aromatic carbocycles. The molecule has 0 amide bonds. The summed E-state index contributed by atoms with van der Waals surface area (Å²) < 4.78 is 194. The van der Waals surface area contributed by atoms with E-state index in [9.17, 15) is 43.4 Å². The number of imidazole rings is 2. The summed E-state index contributed by atoms with van der Waals surface area (Å²) in [5.74, 6) is 1.60. The van der Waals surface area contributed by atoms with Gasteiger partial charge in [0, 0.05) is 42.3 Å². The van der Waals surface area contributed by atoms with E-state index in [-0.39, 0.29) is 64.4 Å². The number of H-pyrrole nitrogens is 3. The van der Waals surface area contributed by atoms with Crippen LogP contribution in [-0.2, 0) is 151 Å². The average Bonchev–Trinajstić information content (AvgIpc) is 1.56. The molecule has 22 heterocycles. The van der Waals surface area contributed by atoms with Crippen molar-refractivity contribution in [3.05, 3.63) is 92.8 Å². The molecule has 12 aromatic heterocycles. The number of terminal acetylenes is 1. The first-order valence-corrected chi connectivity index (χ1v) is 55.4. The first-order valence-electron chi connectivity index (χ1n) is 39.7. The molecule has 12 aromatic rings. The first-order chi connectivity index (χ1) is 65.0. The van der Waals surface area contributed by atoms with E-state index in [0.29, 0.717) is 50.4 Å². The number of nitrogens with zero attached hydrogens (tertiary/aromatic N) is 20. The summed E-state index contributed by atoms with van der Waals surface area (Å²) in [5, 5.41) is 23.4. The summed E-state index contributed by atoms with van der Waals surface area (Å²) in [7, 11) is 0. The van der Waals surface area contributed by atoms with Crippen LogP contribution in [0.1, 0.15) is 43.8 Å². The number of alkyl halides is 4. The summed E-state index contributed by atoms with van der Waals surface area (Å²) in [6, 6.07) is 6.37. The zero-order valence-corrected chi connectivity index (χ0v) is 78.7. The number of nitrogen functional groups attached to an aromatic ring is 6. The van der Waals surface area contributed by atoms with Gasteiger partial charge >= 0.3 is 40.4 Å². The topological polar surface area (TPSA) is 758 Å². The fourth-order valence-corrected chi connectivity index (χ4v) is 25.3. The summed E-state index contributed by atoms with van der Waals surface area (Å²) in [6.45, 7) is -29.9. The van der Waals surface area contributed by atoms with Gasteiger partial charge in [-0.2, -0.15) is 29.0 Å². The molecule has 0 saturated carbocycles. The largest absolute Gasteiger partial charge is 0.398 e. The van der Waals surface area contributed by atoms with E-state index in [1.807, 2.05) is 0 Å². The second-order valence-corrected chi connectivity index (χ2v) is 48.3. The molecule has 10 fully saturated rings. The number of nitrogens with two attached hydrogens (primary N) is 6. The number of nitrogens with one attached hydrogen (secondary N) is 3. The molecule has 0 aliphatic carbocycles. The number of halogens is 4. The van der Waals surface area contributed by atoms with Crippen molar-refractivity contribution >= 4 is 213 Å². The SMILES string of the molecule is C#C[C@@]12COP(O)(=S)O[C@@H]3[C@@H](F)[C@@H](COP(=O)(S)O[C@H]1C[C@H](n1cnc4c(N)ccnc41)O2)O[C@H]3n1nnc2c(=O)[nH]c(N)nc21.Nc1nc2c(nnn2[C@@H]2O[C@@H]3COP(O)(=S)O[C@H]4[C@H](F)[C@H](n5ccc6c(N)ccnc65)O[C@@H]4COP(O)(=S)O[C@@H]2[C@H]3F)c(=O)[nH]1.Nc1nc2c(nnn2[C@@H]2O[C@@H]3COP(O)(=S)O[C@H]4[C@H]5OC[C@]4(COP(O)(=S)O[C@@H]2[C@H]3F)O[C@H]5n2cnc3c(N)ccnc32)c(=O)[nH]1. The Bertz CT molecular complexity index is 7390. The van der Waals surface area contributed by atoms with Crippen molar-refractivity contribution in [1.82, 2.24) is 114 Å². The minimum absolute atomic E-state index is 0.0520. The van der Waals surface area contributed by atoms with E-state index in [4.69, 9.17) is 187 Å². The van der Waals surface area contributed by atoms with Gasteiger partial charge in [-0.3, -0.25) is 70.1 Å². The molecule has 10 aliphatic heterocycles. The highest BCUT2D eigenvalue weighted by Crippen LogP contribution is 2.63.